The molecule has 0 saturated carbocycles. The first-order valence-electron chi connectivity index (χ1n) is 10.2. The Morgan fingerprint density at radius 1 is 1.14 bits per heavy atom. The second kappa shape index (κ2) is 7.40. The van der Waals surface area contributed by atoms with Gasteiger partial charge in [0.15, 0.2) is 0 Å². The Hall–Kier alpha value is -1.92. The molecule has 152 valence electrons. The van der Waals surface area contributed by atoms with Crippen LogP contribution >= 0.6 is 11.6 Å². The van der Waals surface area contributed by atoms with E-state index < -0.39 is 5.79 Å². The molecule has 1 saturated heterocycles. The van der Waals surface area contributed by atoms with Gasteiger partial charge in [-0.1, -0.05) is 11.6 Å². The van der Waals surface area contributed by atoms with Crippen LogP contribution in [-0.2, 0) is 34.6 Å². The Kier molecular flexibility index (Phi) is 4.87. The summed E-state index contributed by atoms with van der Waals surface area (Å²) in [6.07, 6.45) is 5.73. The van der Waals surface area contributed by atoms with Crippen molar-refractivity contribution in [3.05, 3.63) is 64.1 Å². The topological polar surface area (TPSA) is 39.5 Å². The van der Waals surface area contributed by atoms with E-state index in [4.69, 9.17) is 21.1 Å². The van der Waals surface area contributed by atoms with Crippen molar-refractivity contribution in [3.63, 3.8) is 0 Å². The van der Waals surface area contributed by atoms with Crippen molar-refractivity contribution in [2.24, 2.45) is 0 Å². The molecule has 5 rings (SSSR count). The molecule has 0 bridgehead atoms. The minimum Gasteiger partial charge on any atom is -0.342 e. The van der Waals surface area contributed by atoms with Crippen molar-refractivity contribution < 1.29 is 9.47 Å². The predicted octanol–water partition coefficient (Wildman–Crippen LogP) is 3.93. The van der Waals surface area contributed by atoms with Crippen LogP contribution in [0.3, 0.4) is 0 Å². The largest absolute Gasteiger partial charge is 0.342 e. The molecule has 3 aromatic rings. The number of pyridine rings is 1. The zero-order valence-electron chi connectivity index (χ0n) is 16.9. The number of ether oxygens (including phenoxy) is 2. The molecule has 5 nitrogen and oxygen atoms in total. The van der Waals surface area contributed by atoms with Gasteiger partial charge in [-0.2, -0.15) is 0 Å². The molecular weight excluding hydrogens is 386 g/mol. The summed E-state index contributed by atoms with van der Waals surface area (Å²) in [5.41, 5.74) is 6.12. The highest BCUT2D eigenvalue weighted by molar-refractivity contribution is 6.31. The molecule has 4 heterocycles. The van der Waals surface area contributed by atoms with Gasteiger partial charge in [-0.25, -0.2) is 0 Å². The van der Waals surface area contributed by atoms with Gasteiger partial charge >= 0.3 is 0 Å². The monoisotopic (exact) mass is 411 g/mol. The first kappa shape index (κ1) is 19.1. The number of aryl methyl sites for hydroxylation is 1. The van der Waals surface area contributed by atoms with E-state index >= 15 is 0 Å². The van der Waals surface area contributed by atoms with E-state index in [-0.39, 0.29) is 0 Å². The first-order chi connectivity index (χ1) is 14.1. The molecule has 0 radical (unpaired) electrons. The number of rotatable bonds is 3. The van der Waals surface area contributed by atoms with Crippen molar-refractivity contribution in [2.45, 2.75) is 32.1 Å². The molecule has 0 atom stereocenters. The lowest BCUT2D eigenvalue weighted by Gasteiger charge is -2.31. The summed E-state index contributed by atoms with van der Waals surface area (Å²) < 4.78 is 15.0. The normalized spacial score (nSPS) is 19.4. The van der Waals surface area contributed by atoms with Gasteiger partial charge in [0.05, 0.1) is 19.8 Å². The van der Waals surface area contributed by atoms with Gasteiger partial charge < -0.3 is 18.9 Å². The van der Waals surface area contributed by atoms with Gasteiger partial charge in [-0.3, -0.25) is 4.98 Å². The van der Waals surface area contributed by atoms with Crippen LogP contribution < -0.4 is 0 Å². The Balaban J connectivity index is 1.68. The lowest BCUT2D eigenvalue weighted by Crippen LogP contribution is -2.34. The molecule has 0 amide bonds. The summed E-state index contributed by atoms with van der Waals surface area (Å²) in [7, 11) is 2.19. The summed E-state index contributed by atoms with van der Waals surface area (Å²) >= 11 is 6.38. The van der Waals surface area contributed by atoms with Gasteiger partial charge in [-0.05, 0) is 55.8 Å². The van der Waals surface area contributed by atoms with E-state index in [1.165, 1.54) is 22.2 Å². The van der Waals surface area contributed by atoms with Crippen molar-refractivity contribution in [2.75, 3.05) is 33.4 Å². The van der Waals surface area contributed by atoms with Crippen LogP contribution in [-0.4, -0.2) is 47.8 Å². The first-order valence-corrected chi connectivity index (χ1v) is 10.6. The fraction of sp³-hybridized carbons (Fsp3) is 0.435. The van der Waals surface area contributed by atoms with Crippen LogP contribution in [0.1, 0.15) is 22.4 Å². The third-order valence-corrected chi connectivity index (χ3v) is 6.51. The molecule has 0 spiro atoms. The number of aromatic nitrogens is 2. The highest BCUT2D eigenvalue weighted by Crippen LogP contribution is 2.39. The van der Waals surface area contributed by atoms with Crippen molar-refractivity contribution in [1.82, 2.24) is 14.5 Å². The summed E-state index contributed by atoms with van der Waals surface area (Å²) in [6, 6.07) is 8.25. The van der Waals surface area contributed by atoms with Crippen LogP contribution in [0.4, 0.5) is 0 Å². The Bertz CT molecular complexity index is 1060. The van der Waals surface area contributed by atoms with Crippen molar-refractivity contribution >= 4 is 22.5 Å². The summed E-state index contributed by atoms with van der Waals surface area (Å²) in [6.45, 7) is 5.98. The number of hydrogen-bond donors (Lipinski definition) is 0. The van der Waals surface area contributed by atoms with E-state index in [0.29, 0.717) is 19.8 Å². The standard InChI is InChI=1S/C23H26ClN3O2/c1-16-14-25-8-5-20(16)23(28-11-12-29-23)15-27-21-4-3-17(24)13-19(21)18-6-9-26(2)10-7-22(18)27/h3-5,8,13-14H,6-7,9-12,15H2,1-2H3. The molecule has 0 aliphatic carbocycles. The van der Waals surface area contributed by atoms with E-state index in [1.807, 2.05) is 24.5 Å². The summed E-state index contributed by atoms with van der Waals surface area (Å²) in [5, 5.41) is 2.03. The second-order valence-electron chi connectivity index (χ2n) is 8.12. The maximum Gasteiger partial charge on any atom is 0.213 e. The summed E-state index contributed by atoms with van der Waals surface area (Å²) in [5.74, 6) is -0.787. The van der Waals surface area contributed by atoms with Crippen LogP contribution in [0.5, 0.6) is 0 Å². The van der Waals surface area contributed by atoms with E-state index in [2.05, 4.69) is 40.6 Å². The number of nitrogens with zero attached hydrogens (tertiary/aromatic N) is 3. The molecule has 2 aromatic heterocycles. The molecule has 0 N–H and O–H groups in total. The van der Waals surface area contributed by atoms with Gasteiger partial charge in [0.25, 0.3) is 0 Å². The Morgan fingerprint density at radius 3 is 2.72 bits per heavy atom. The van der Waals surface area contributed by atoms with Crippen molar-refractivity contribution in [1.29, 1.82) is 0 Å². The third kappa shape index (κ3) is 3.26. The Labute approximate surface area is 176 Å². The highest BCUT2D eigenvalue weighted by atomic mass is 35.5. The third-order valence-electron chi connectivity index (χ3n) is 6.27. The fourth-order valence-corrected chi connectivity index (χ4v) is 4.97. The fourth-order valence-electron chi connectivity index (χ4n) is 4.80. The quantitative estimate of drug-likeness (QED) is 0.654. The molecule has 29 heavy (non-hydrogen) atoms. The number of likely N-dealkylation sites (N-methyl/N-ethyl adjacent to an activating group) is 1. The average molecular weight is 412 g/mol. The number of hydrogen-bond acceptors (Lipinski definition) is 4. The van der Waals surface area contributed by atoms with Gasteiger partial charge in [0.1, 0.15) is 0 Å². The van der Waals surface area contributed by atoms with Crippen LogP contribution in [0, 0.1) is 6.92 Å². The van der Waals surface area contributed by atoms with Crippen LogP contribution in [0.15, 0.2) is 36.7 Å². The summed E-state index contributed by atoms with van der Waals surface area (Å²) in [4.78, 5) is 6.65. The number of fused-ring (bicyclic) bond motifs is 3. The number of halogens is 1. The van der Waals surface area contributed by atoms with E-state index in [9.17, 15) is 0 Å². The van der Waals surface area contributed by atoms with Crippen LogP contribution in [0.2, 0.25) is 5.02 Å². The zero-order valence-corrected chi connectivity index (χ0v) is 17.7. The molecule has 6 heteroatoms. The average Bonchev–Trinajstić information content (AvgIpc) is 3.23. The molecule has 1 fully saturated rings. The van der Waals surface area contributed by atoms with Gasteiger partial charge in [0, 0.05) is 59.1 Å². The highest BCUT2D eigenvalue weighted by Gasteiger charge is 2.41. The maximum absolute atomic E-state index is 6.38. The second-order valence-corrected chi connectivity index (χ2v) is 8.55. The van der Waals surface area contributed by atoms with Gasteiger partial charge in [0.2, 0.25) is 5.79 Å². The lowest BCUT2D eigenvalue weighted by atomic mass is 10.0. The smallest absolute Gasteiger partial charge is 0.213 e. The SMILES string of the molecule is Cc1cnccc1C1(Cn2c3c(c4cc(Cl)ccc42)CCN(C)CC3)OCCO1. The molecule has 1 aromatic carbocycles. The Morgan fingerprint density at radius 2 is 1.93 bits per heavy atom. The predicted molar refractivity (Wildman–Crippen MR) is 114 cm³/mol. The van der Waals surface area contributed by atoms with E-state index in [0.717, 1.165) is 42.1 Å². The minimum atomic E-state index is -0.787. The van der Waals surface area contributed by atoms with Crippen molar-refractivity contribution in [3.8, 4) is 0 Å². The molecule has 2 aliphatic heterocycles. The zero-order chi connectivity index (χ0) is 20.0. The van der Waals surface area contributed by atoms with E-state index in [1.54, 1.807) is 0 Å². The van der Waals surface area contributed by atoms with Gasteiger partial charge in [-0.15, -0.1) is 0 Å². The van der Waals surface area contributed by atoms with Crippen LogP contribution in [0.25, 0.3) is 10.9 Å². The molecule has 2 aliphatic rings. The lowest BCUT2D eigenvalue weighted by molar-refractivity contribution is -0.176. The maximum atomic E-state index is 6.38. The molecular formula is C23H26ClN3O2. The number of benzene rings is 1. The molecule has 0 unspecified atom stereocenters. The minimum absolute atomic E-state index is 0.595.